The summed E-state index contributed by atoms with van der Waals surface area (Å²) in [5.41, 5.74) is -0.143. The second-order valence-corrected chi connectivity index (χ2v) is 8.79. The Labute approximate surface area is 128 Å². The van der Waals surface area contributed by atoms with E-state index in [1.54, 1.807) is 0 Å². The maximum absolute atomic E-state index is 12.5. The van der Waals surface area contributed by atoms with Gasteiger partial charge in [-0.25, -0.2) is 0 Å². The monoisotopic (exact) mass is 320 g/mol. The number of nitrogens with one attached hydrogen (secondary N) is 1. The molecule has 0 aromatic heterocycles. The van der Waals surface area contributed by atoms with Gasteiger partial charge in [0.1, 0.15) is 0 Å². The molecule has 0 bridgehead atoms. The first-order valence-electron chi connectivity index (χ1n) is 7.52. The molecule has 2 unspecified atom stereocenters. The van der Waals surface area contributed by atoms with Gasteiger partial charge in [0.25, 0.3) is 10.2 Å². The van der Waals surface area contributed by atoms with Crippen LogP contribution in [0, 0.1) is 5.41 Å². The quantitative estimate of drug-likeness (QED) is 0.783. The summed E-state index contributed by atoms with van der Waals surface area (Å²) >= 11 is 0. The van der Waals surface area contributed by atoms with Crippen LogP contribution in [0.25, 0.3) is 0 Å². The molecule has 2 N–H and O–H groups in total. The third kappa shape index (κ3) is 6.32. The first-order valence-corrected chi connectivity index (χ1v) is 8.96. The van der Waals surface area contributed by atoms with E-state index in [-0.39, 0.29) is 17.9 Å². The number of hydrogen-bond acceptors (Lipinski definition) is 3. The van der Waals surface area contributed by atoms with E-state index < -0.39 is 22.2 Å². The smallest absolute Gasteiger partial charge is 0.304 e. The molecule has 6 nitrogen and oxygen atoms in total. The Bertz CT molecular complexity index is 456. The van der Waals surface area contributed by atoms with Gasteiger partial charge in [0.2, 0.25) is 0 Å². The summed E-state index contributed by atoms with van der Waals surface area (Å²) < 4.78 is 29.1. The molecule has 0 aromatic carbocycles. The van der Waals surface area contributed by atoms with E-state index in [0.29, 0.717) is 13.0 Å². The molecular formula is C14H28N2O4S. The molecule has 0 aromatic rings. The predicted octanol–water partition coefficient (Wildman–Crippen LogP) is 1.97. The number of piperidine rings is 1. The molecule has 1 fully saturated rings. The van der Waals surface area contributed by atoms with Crippen molar-refractivity contribution in [2.45, 2.75) is 71.9 Å². The number of rotatable bonds is 6. The van der Waals surface area contributed by atoms with Crippen molar-refractivity contribution in [2.75, 3.05) is 6.54 Å². The van der Waals surface area contributed by atoms with Crippen LogP contribution in [0.2, 0.25) is 0 Å². The highest BCUT2D eigenvalue weighted by molar-refractivity contribution is 7.87. The number of aliphatic carboxylic acids is 1. The Morgan fingerprint density at radius 2 is 2.00 bits per heavy atom. The van der Waals surface area contributed by atoms with Crippen LogP contribution in [0.3, 0.4) is 0 Å². The minimum atomic E-state index is -3.63. The van der Waals surface area contributed by atoms with Crippen molar-refractivity contribution in [3.63, 3.8) is 0 Å². The summed E-state index contributed by atoms with van der Waals surface area (Å²) in [4.78, 5) is 11.0. The highest BCUT2D eigenvalue weighted by atomic mass is 32.2. The van der Waals surface area contributed by atoms with Crippen molar-refractivity contribution in [2.24, 2.45) is 5.41 Å². The van der Waals surface area contributed by atoms with Gasteiger partial charge in [-0.3, -0.25) is 4.79 Å². The van der Waals surface area contributed by atoms with Gasteiger partial charge in [-0.2, -0.15) is 17.4 Å². The Balaban J connectivity index is 2.82. The van der Waals surface area contributed by atoms with Gasteiger partial charge in [0.15, 0.2) is 0 Å². The average molecular weight is 320 g/mol. The lowest BCUT2D eigenvalue weighted by molar-refractivity contribution is -0.137. The maximum Gasteiger partial charge on any atom is 0.304 e. The van der Waals surface area contributed by atoms with E-state index in [0.717, 1.165) is 19.3 Å². The molecule has 0 radical (unpaired) electrons. The van der Waals surface area contributed by atoms with Crippen LogP contribution < -0.4 is 4.72 Å². The minimum Gasteiger partial charge on any atom is -0.481 e. The number of hydrogen-bond donors (Lipinski definition) is 2. The second-order valence-electron chi connectivity index (χ2n) is 7.14. The van der Waals surface area contributed by atoms with E-state index in [9.17, 15) is 13.2 Å². The first kappa shape index (κ1) is 18.4. The van der Waals surface area contributed by atoms with Crippen LogP contribution in [0.5, 0.6) is 0 Å². The molecule has 0 saturated carbocycles. The van der Waals surface area contributed by atoms with Gasteiger partial charge >= 0.3 is 5.97 Å². The Morgan fingerprint density at radius 1 is 1.38 bits per heavy atom. The fourth-order valence-corrected chi connectivity index (χ4v) is 4.48. The van der Waals surface area contributed by atoms with E-state index >= 15 is 0 Å². The van der Waals surface area contributed by atoms with E-state index in [1.807, 2.05) is 27.7 Å². The normalized spacial score (nSPS) is 23.0. The molecule has 1 saturated heterocycles. The maximum atomic E-state index is 12.5. The number of carboxylic acids is 1. The fourth-order valence-electron chi connectivity index (χ4n) is 2.81. The van der Waals surface area contributed by atoms with Crippen LogP contribution >= 0.6 is 0 Å². The zero-order valence-electron chi connectivity index (χ0n) is 13.4. The van der Waals surface area contributed by atoms with Crippen molar-refractivity contribution in [1.82, 2.24) is 9.03 Å². The summed E-state index contributed by atoms with van der Waals surface area (Å²) in [7, 11) is -3.63. The lowest BCUT2D eigenvalue weighted by Gasteiger charge is -2.34. The minimum absolute atomic E-state index is 0.0311. The Morgan fingerprint density at radius 3 is 2.48 bits per heavy atom. The summed E-state index contributed by atoms with van der Waals surface area (Å²) in [6, 6.07) is -0.613. The number of carboxylic acid groups (broad SMARTS) is 1. The summed E-state index contributed by atoms with van der Waals surface area (Å²) in [5, 5.41) is 8.99. The molecule has 1 aliphatic rings. The van der Waals surface area contributed by atoms with E-state index in [2.05, 4.69) is 4.72 Å². The summed E-state index contributed by atoms with van der Waals surface area (Å²) in [6.45, 7) is 8.32. The van der Waals surface area contributed by atoms with Gasteiger partial charge in [0.05, 0.1) is 6.42 Å². The molecule has 1 rings (SSSR count). The van der Waals surface area contributed by atoms with E-state index in [4.69, 9.17) is 5.11 Å². The van der Waals surface area contributed by atoms with Crippen molar-refractivity contribution in [3.8, 4) is 0 Å². The van der Waals surface area contributed by atoms with Crippen LogP contribution in [-0.2, 0) is 15.0 Å². The molecule has 21 heavy (non-hydrogen) atoms. The molecule has 124 valence electrons. The topological polar surface area (TPSA) is 86.7 Å². The standard InChI is InChI=1S/C14H28N2O4S/c1-11-7-5-6-8-16(11)21(19,20)15-12(9-13(17)18)10-14(2,3)4/h11-12,15H,5-10H2,1-4H3,(H,17,18). The number of carbonyl (C=O) groups is 1. The van der Waals surface area contributed by atoms with Crippen LogP contribution in [0.1, 0.15) is 59.8 Å². The SMILES string of the molecule is CC1CCCCN1S(=O)(=O)NC(CC(=O)O)CC(C)(C)C. The molecule has 1 heterocycles. The lowest BCUT2D eigenvalue weighted by Crippen LogP contribution is -2.51. The second kappa shape index (κ2) is 7.07. The summed E-state index contributed by atoms with van der Waals surface area (Å²) in [5.74, 6) is -0.987. The molecule has 0 aliphatic carbocycles. The van der Waals surface area contributed by atoms with Gasteiger partial charge in [0, 0.05) is 18.6 Å². The predicted molar refractivity (Wildman–Crippen MR) is 82.2 cm³/mol. The zero-order valence-corrected chi connectivity index (χ0v) is 14.2. The van der Waals surface area contributed by atoms with E-state index in [1.165, 1.54) is 4.31 Å². The van der Waals surface area contributed by atoms with Crippen LogP contribution in [0.4, 0.5) is 0 Å². The molecule has 7 heteroatoms. The third-order valence-corrected chi connectivity index (χ3v) is 5.44. The average Bonchev–Trinajstić information content (AvgIpc) is 2.24. The lowest BCUT2D eigenvalue weighted by atomic mass is 9.87. The van der Waals surface area contributed by atoms with Crippen molar-refractivity contribution in [1.29, 1.82) is 0 Å². The Kier molecular flexibility index (Phi) is 6.19. The van der Waals surface area contributed by atoms with Gasteiger partial charge in [-0.05, 0) is 31.6 Å². The molecule has 0 spiro atoms. The molecule has 2 atom stereocenters. The van der Waals surface area contributed by atoms with Gasteiger partial charge in [-0.1, -0.05) is 27.2 Å². The molecular weight excluding hydrogens is 292 g/mol. The Hall–Kier alpha value is -0.660. The van der Waals surface area contributed by atoms with Crippen LogP contribution in [0.15, 0.2) is 0 Å². The van der Waals surface area contributed by atoms with Crippen molar-refractivity contribution < 1.29 is 18.3 Å². The molecule has 0 amide bonds. The number of nitrogens with zero attached hydrogens (tertiary/aromatic N) is 1. The van der Waals surface area contributed by atoms with Crippen molar-refractivity contribution >= 4 is 16.2 Å². The summed E-state index contributed by atoms with van der Waals surface area (Å²) in [6.07, 6.45) is 3.03. The van der Waals surface area contributed by atoms with Crippen molar-refractivity contribution in [3.05, 3.63) is 0 Å². The van der Waals surface area contributed by atoms with Gasteiger partial charge in [-0.15, -0.1) is 0 Å². The third-order valence-electron chi connectivity index (χ3n) is 3.65. The largest absolute Gasteiger partial charge is 0.481 e. The zero-order chi connectivity index (χ0) is 16.3. The first-order chi connectivity index (χ1) is 9.51. The van der Waals surface area contributed by atoms with Crippen LogP contribution in [-0.4, -0.2) is 42.4 Å². The molecule has 1 aliphatic heterocycles. The fraction of sp³-hybridized carbons (Fsp3) is 0.929. The highest BCUT2D eigenvalue weighted by Gasteiger charge is 2.33. The van der Waals surface area contributed by atoms with Gasteiger partial charge < -0.3 is 5.11 Å². The highest BCUT2D eigenvalue weighted by Crippen LogP contribution is 2.24.